The van der Waals surface area contributed by atoms with Crippen LogP contribution in [0.15, 0.2) is 18.3 Å². The van der Waals surface area contributed by atoms with Gasteiger partial charge in [0, 0.05) is 25.0 Å². The fourth-order valence-corrected chi connectivity index (χ4v) is 1.74. The van der Waals surface area contributed by atoms with Crippen LogP contribution in [-0.2, 0) is 11.3 Å². The van der Waals surface area contributed by atoms with Crippen molar-refractivity contribution in [1.29, 1.82) is 0 Å². The van der Waals surface area contributed by atoms with E-state index in [1.54, 1.807) is 0 Å². The standard InChI is InChI=1S/C13H20N2O2/c1-10(2)7-15(9-13(16)17)8-12-5-4-11(3)14-6-12/h4-6,10H,7-9H2,1-3H3,(H,16,17). The van der Waals surface area contributed by atoms with Crippen LogP contribution < -0.4 is 0 Å². The first-order valence-corrected chi connectivity index (χ1v) is 5.83. The van der Waals surface area contributed by atoms with Crippen molar-refractivity contribution in [2.75, 3.05) is 13.1 Å². The number of aryl methyl sites for hydroxylation is 1. The van der Waals surface area contributed by atoms with Crippen molar-refractivity contribution in [2.45, 2.75) is 27.3 Å². The van der Waals surface area contributed by atoms with E-state index in [0.29, 0.717) is 12.5 Å². The number of carboxylic acid groups (broad SMARTS) is 1. The van der Waals surface area contributed by atoms with Gasteiger partial charge in [0.2, 0.25) is 0 Å². The summed E-state index contributed by atoms with van der Waals surface area (Å²) in [6, 6.07) is 3.95. The summed E-state index contributed by atoms with van der Waals surface area (Å²) < 4.78 is 0. The molecule has 94 valence electrons. The maximum absolute atomic E-state index is 10.8. The van der Waals surface area contributed by atoms with Gasteiger partial charge in [-0.2, -0.15) is 0 Å². The van der Waals surface area contributed by atoms with Crippen LogP contribution in [0.4, 0.5) is 0 Å². The Hall–Kier alpha value is -1.42. The molecule has 0 bridgehead atoms. The molecule has 0 aromatic carbocycles. The van der Waals surface area contributed by atoms with E-state index in [9.17, 15) is 4.79 Å². The molecule has 0 saturated carbocycles. The molecule has 0 aliphatic rings. The molecule has 1 heterocycles. The van der Waals surface area contributed by atoms with Gasteiger partial charge >= 0.3 is 5.97 Å². The van der Waals surface area contributed by atoms with Crippen molar-refractivity contribution in [2.24, 2.45) is 5.92 Å². The molecule has 1 aromatic rings. The highest BCUT2D eigenvalue weighted by atomic mass is 16.4. The second-order valence-corrected chi connectivity index (χ2v) is 4.77. The molecule has 0 radical (unpaired) electrons. The van der Waals surface area contributed by atoms with E-state index in [0.717, 1.165) is 17.8 Å². The number of carboxylic acids is 1. The van der Waals surface area contributed by atoms with Gasteiger partial charge in [-0.1, -0.05) is 19.9 Å². The smallest absolute Gasteiger partial charge is 0.317 e. The molecular weight excluding hydrogens is 216 g/mol. The highest BCUT2D eigenvalue weighted by Crippen LogP contribution is 2.07. The lowest BCUT2D eigenvalue weighted by atomic mass is 10.2. The van der Waals surface area contributed by atoms with Gasteiger partial charge in [-0.15, -0.1) is 0 Å². The Morgan fingerprint density at radius 2 is 2.18 bits per heavy atom. The molecule has 4 nitrogen and oxygen atoms in total. The molecule has 4 heteroatoms. The fraction of sp³-hybridized carbons (Fsp3) is 0.538. The Labute approximate surface area is 102 Å². The Morgan fingerprint density at radius 1 is 1.47 bits per heavy atom. The van der Waals surface area contributed by atoms with Crippen molar-refractivity contribution < 1.29 is 9.90 Å². The summed E-state index contributed by atoms with van der Waals surface area (Å²) in [7, 11) is 0. The minimum Gasteiger partial charge on any atom is -0.480 e. The van der Waals surface area contributed by atoms with Crippen LogP contribution in [0.25, 0.3) is 0 Å². The van der Waals surface area contributed by atoms with E-state index in [-0.39, 0.29) is 6.54 Å². The number of pyridine rings is 1. The van der Waals surface area contributed by atoms with Crippen molar-refractivity contribution in [1.82, 2.24) is 9.88 Å². The van der Waals surface area contributed by atoms with E-state index in [2.05, 4.69) is 18.8 Å². The normalized spacial score (nSPS) is 11.1. The Balaban J connectivity index is 2.64. The van der Waals surface area contributed by atoms with Crippen LogP contribution in [-0.4, -0.2) is 34.0 Å². The molecule has 0 saturated heterocycles. The summed E-state index contributed by atoms with van der Waals surface area (Å²) >= 11 is 0. The number of carbonyl (C=O) groups is 1. The number of hydrogen-bond donors (Lipinski definition) is 1. The summed E-state index contributed by atoms with van der Waals surface area (Å²) in [5, 5.41) is 8.86. The van der Waals surface area contributed by atoms with Gasteiger partial charge in [-0.3, -0.25) is 14.7 Å². The first-order chi connectivity index (χ1) is 7.97. The Bertz CT molecular complexity index is 360. The average molecular weight is 236 g/mol. The molecule has 0 amide bonds. The first kappa shape index (κ1) is 13.6. The highest BCUT2D eigenvalue weighted by Gasteiger charge is 2.11. The zero-order valence-electron chi connectivity index (χ0n) is 10.7. The lowest BCUT2D eigenvalue weighted by Crippen LogP contribution is -2.32. The van der Waals surface area contributed by atoms with Gasteiger partial charge in [-0.25, -0.2) is 0 Å². The molecule has 1 aromatic heterocycles. The van der Waals surface area contributed by atoms with Crippen molar-refractivity contribution in [3.63, 3.8) is 0 Å². The summed E-state index contributed by atoms with van der Waals surface area (Å²) in [6.07, 6.45) is 1.81. The zero-order chi connectivity index (χ0) is 12.8. The first-order valence-electron chi connectivity index (χ1n) is 5.83. The summed E-state index contributed by atoms with van der Waals surface area (Å²) in [5.74, 6) is -0.335. The van der Waals surface area contributed by atoms with Crippen LogP contribution in [0, 0.1) is 12.8 Å². The minimum absolute atomic E-state index is 0.0755. The van der Waals surface area contributed by atoms with Gasteiger partial charge < -0.3 is 5.11 Å². The molecule has 1 rings (SSSR count). The van der Waals surface area contributed by atoms with E-state index in [1.165, 1.54) is 0 Å². The third kappa shape index (κ3) is 5.45. The van der Waals surface area contributed by atoms with Gasteiger partial charge in [0.05, 0.1) is 6.54 Å². The third-order valence-corrected chi connectivity index (χ3v) is 2.36. The van der Waals surface area contributed by atoms with Crippen molar-refractivity contribution >= 4 is 5.97 Å². The third-order valence-electron chi connectivity index (χ3n) is 2.36. The second-order valence-electron chi connectivity index (χ2n) is 4.77. The minimum atomic E-state index is -0.786. The van der Waals surface area contributed by atoms with Gasteiger partial charge in [0.25, 0.3) is 0 Å². The lowest BCUT2D eigenvalue weighted by Gasteiger charge is -2.22. The predicted octanol–water partition coefficient (Wildman–Crippen LogP) is 1.93. The van der Waals surface area contributed by atoms with Crippen LogP contribution in [0.2, 0.25) is 0 Å². The van der Waals surface area contributed by atoms with E-state index >= 15 is 0 Å². The molecule has 0 spiro atoms. The Morgan fingerprint density at radius 3 is 2.65 bits per heavy atom. The summed E-state index contributed by atoms with van der Waals surface area (Å²) in [6.45, 7) is 7.60. The SMILES string of the molecule is Cc1ccc(CN(CC(=O)O)CC(C)C)cn1. The van der Waals surface area contributed by atoms with Crippen LogP contribution in [0.1, 0.15) is 25.1 Å². The van der Waals surface area contributed by atoms with E-state index in [1.807, 2.05) is 30.2 Å². The quantitative estimate of drug-likeness (QED) is 0.820. The molecule has 0 unspecified atom stereocenters. The lowest BCUT2D eigenvalue weighted by molar-refractivity contribution is -0.138. The number of aromatic nitrogens is 1. The summed E-state index contributed by atoms with van der Waals surface area (Å²) in [4.78, 5) is 16.9. The number of nitrogens with zero attached hydrogens (tertiary/aromatic N) is 2. The molecule has 0 fully saturated rings. The molecule has 0 aliphatic carbocycles. The number of hydrogen-bond acceptors (Lipinski definition) is 3. The zero-order valence-corrected chi connectivity index (χ0v) is 10.7. The van der Waals surface area contributed by atoms with Gasteiger partial charge in [0.1, 0.15) is 0 Å². The van der Waals surface area contributed by atoms with E-state index in [4.69, 9.17) is 5.11 Å². The predicted molar refractivity (Wildman–Crippen MR) is 66.7 cm³/mol. The molecule has 0 atom stereocenters. The maximum Gasteiger partial charge on any atom is 0.317 e. The monoisotopic (exact) mass is 236 g/mol. The number of aliphatic carboxylic acids is 1. The highest BCUT2D eigenvalue weighted by molar-refractivity contribution is 5.69. The average Bonchev–Trinajstić information content (AvgIpc) is 2.19. The van der Waals surface area contributed by atoms with Crippen molar-refractivity contribution in [3.8, 4) is 0 Å². The van der Waals surface area contributed by atoms with E-state index < -0.39 is 5.97 Å². The van der Waals surface area contributed by atoms with Gasteiger partial charge in [-0.05, 0) is 24.5 Å². The molecule has 17 heavy (non-hydrogen) atoms. The van der Waals surface area contributed by atoms with Crippen molar-refractivity contribution in [3.05, 3.63) is 29.6 Å². The Kier molecular flexibility index (Phi) is 5.10. The molecule has 0 aliphatic heterocycles. The van der Waals surface area contributed by atoms with Gasteiger partial charge in [0.15, 0.2) is 0 Å². The van der Waals surface area contributed by atoms with Crippen LogP contribution in [0.3, 0.4) is 0 Å². The van der Waals surface area contributed by atoms with Crippen LogP contribution in [0.5, 0.6) is 0 Å². The largest absolute Gasteiger partial charge is 0.480 e. The number of rotatable bonds is 6. The maximum atomic E-state index is 10.8. The second kappa shape index (κ2) is 6.35. The topological polar surface area (TPSA) is 53.4 Å². The van der Waals surface area contributed by atoms with Crippen LogP contribution >= 0.6 is 0 Å². The fourth-order valence-electron chi connectivity index (χ4n) is 1.74. The molecular formula is C13H20N2O2. The summed E-state index contributed by atoms with van der Waals surface area (Å²) in [5.41, 5.74) is 2.03. The molecule has 1 N–H and O–H groups in total.